The number of carbonyl (C=O) groups excluding carboxylic acids is 2. The van der Waals surface area contributed by atoms with Crippen LogP contribution in [-0.4, -0.2) is 26.0 Å². The van der Waals surface area contributed by atoms with Crippen molar-refractivity contribution in [3.8, 4) is 0 Å². The second kappa shape index (κ2) is 4.12. The first-order chi connectivity index (χ1) is 8.48. The Morgan fingerprint density at radius 1 is 1.44 bits per heavy atom. The zero-order chi connectivity index (χ0) is 13.5. The highest BCUT2D eigenvalue weighted by atomic mass is 16.5. The van der Waals surface area contributed by atoms with E-state index in [2.05, 4.69) is 0 Å². The second-order valence-electron chi connectivity index (χ2n) is 4.64. The molecule has 0 N–H and O–H groups in total. The standard InChI is InChI=1S/C14H17NO3/c1-5-14(13(17)18-4)10-7-6-9(2)8-11(10)15(3)12(14)16/h6-8H,5H2,1-4H3/t14-/m0/s1. The van der Waals surface area contributed by atoms with Gasteiger partial charge in [-0.15, -0.1) is 0 Å². The normalized spacial score (nSPS) is 22.0. The molecule has 1 heterocycles. The van der Waals surface area contributed by atoms with Crippen molar-refractivity contribution < 1.29 is 14.3 Å². The summed E-state index contributed by atoms with van der Waals surface area (Å²) in [4.78, 5) is 26.1. The Bertz CT molecular complexity index is 524. The predicted molar refractivity (Wildman–Crippen MR) is 68.6 cm³/mol. The van der Waals surface area contributed by atoms with Crippen LogP contribution in [0, 0.1) is 6.92 Å². The van der Waals surface area contributed by atoms with Gasteiger partial charge in [0.25, 0.3) is 0 Å². The highest BCUT2D eigenvalue weighted by molar-refractivity contribution is 6.20. The third kappa shape index (κ3) is 1.38. The molecule has 4 heteroatoms. The van der Waals surface area contributed by atoms with E-state index in [1.807, 2.05) is 32.0 Å². The van der Waals surface area contributed by atoms with Crippen LogP contribution < -0.4 is 4.90 Å². The molecule has 0 bridgehead atoms. The van der Waals surface area contributed by atoms with Crippen LogP contribution >= 0.6 is 0 Å². The smallest absolute Gasteiger partial charge is 0.326 e. The third-order valence-electron chi connectivity index (χ3n) is 3.71. The molecule has 0 aliphatic carbocycles. The summed E-state index contributed by atoms with van der Waals surface area (Å²) < 4.78 is 4.85. The van der Waals surface area contributed by atoms with E-state index in [-0.39, 0.29) is 5.91 Å². The molecule has 1 aliphatic heterocycles. The number of esters is 1. The molecule has 0 aromatic heterocycles. The van der Waals surface area contributed by atoms with Crippen molar-refractivity contribution in [1.29, 1.82) is 0 Å². The fourth-order valence-electron chi connectivity index (χ4n) is 2.65. The van der Waals surface area contributed by atoms with Crippen molar-refractivity contribution >= 4 is 17.6 Å². The Kier molecular flexibility index (Phi) is 2.89. The number of likely N-dealkylation sites (N-methyl/N-ethyl adjacent to an activating group) is 1. The minimum atomic E-state index is -1.17. The maximum atomic E-state index is 12.5. The molecular formula is C14H17NO3. The average molecular weight is 247 g/mol. The largest absolute Gasteiger partial charge is 0.468 e. The van der Waals surface area contributed by atoms with Gasteiger partial charge in [-0.05, 0) is 25.0 Å². The molecule has 2 rings (SSSR count). The van der Waals surface area contributed by atoms with Crippen molar-refractivity contribution in [2.75, 3.05) is 19.1 Å². The molecule has 0 radical (unpaired) electrons. The highest BCUT2D eigenvalue weighted by Gasteiger charge is 2.55. The van der Waals surface area contributed by atoms with Crippen molar-refractivity contribution in [3.05, 3.63) is 29.3 Å². The summed E-state index contributed by atoms with van der Waals surface area (Å²) in [5.74, 6) is -0.693. The Morgan fingerprint density at radius 3 is 2.67 bits per heavy atom. The van der Waals surface area contributed by atoms with E-state index >= 15 is 0 Å². The number of carbonyl (C=O) groups is 2. The zero-order valence-electron chi connectivity index (χ0n) is 11.1. The first-order valence-corrected chi connectivity index (χ1v) is 5.96. The van der Waals surface area contributed by atoms with E-state index in [1.165, 1.54) is 7.11 Å². The number of methoxy groups -OCH3 is 1. The van der Waals surface area contributed by atoms with Crippen LogP contribution in [-0.2, 0) is 19.7 Å². The van der Waals surface area contributed by atoms with Crippen molar-refractivity contribution in [2.45, 2.75) is 25.7 Å². The number of ether oxygens (including phenoxy) is 1. The number of amides is 1. The average Bonchev–Trinajstić information content (AvgIpc) is 2.59. The molecule has 1 aromatic rings. The first-order valence-electron chi connectivity index (χ1n) is 5.96. The molecule has 96 valence electrons. The van der Waals surface area contributed by atoms with Crippen molar-refractivity contribution in [2.24, 2.45) is 0 Å². The molecule has 1 amide bonds. The van der Waals surface area contributed by atoms with Gasteiger partial charge in [-0.1, -0.05) is 19.1 Å². The maximum Gasteiger partial charge on any atom is 0.326 e. The van der Waals surface area contributed by atoms with Crippen molar-refractivity contribution in [1.82, 2.24) is 0 Å². The molecule has 1 aromatic carbocycles. The SMILES string of the molecule is CC[C@@]1(C(=O)OC)C(=O)N(C)c2cc(C)ccc21. The van der Waals surface area contributed by atoms with Crippen LogP contribution in [0.3, 0.4) is 0 Å². The summed E-state index contributed by atoms with van der Waals surface area (Å²) >= 11 is 0. The number of benzene rings is 1. The van der Waals surface area contributed by atoms with Gasteiger partial charge in [-0.3, -0.25) is 9.59 Å². The molecule has 0 unspecified atom stereocenters. The number of rotatable bonds is 2. The van der Waals surface area contributed by atoms with Gasteiger partial charge in [0.1, 0.15) is 0 Å². The molecular weight excluding hydrogens is 230 g/mol. The molecule has 0 spiro atoms. The van der Waals surface area contributed by atoms with E-state index in [9.17, 15) is 9.59 Å². The van der Waals surface area contributed by atoms with Crippen LogP contribution in [0.2, 0.25) is 0 Å². The monoisotopic (exact) mass is 247 g/mol. The van der Waals surface area contributed by atoms with Crippen LogP contribution in [0.1, 0.15) is 24.5 Å². The fourth-order valence-corrected chi connectivity index (χ4v) is 2.65. The molecule has 1 atom stereocenters. The molecule has 0 saturated carbocycles. The van der Waals surface area contributed by atoms with Gasteiger partial charge in [-0.2, -0.15) is 0 Å². The number of fused-ring (bicyclic) bond motifs is 1. The van der Waals surface area contributed by atoms with Crippen LogP contribution in [0.4, 0.5) is 5.69 Å². The van der Waals surface area contributed by atoms with Gasteiger partial charge in [0, 0.05) is 18.3 Å². The van der Waals surface area contributed by atoms with Gasteiger partial charge < -0.3 is 9.64 Å². The highest BCUT2D eigenvalue weighted by Crippen LogP contribution is 2.44. The lowest BCUT2D eigenvalue weighted by atomic mass is 9.79. The number of hydrogen-bond acceptors (Lipinski definition) is 3. The van der Waals surface area contributed by atoms with Crippen LogP contribution in [0.15, 0.2) is 18.2 Å². The first kappa shape index (κ1) is 12.6. The summed E-state index contributed by atoms with van der Waals surface area (Å²) in [5, 5.41) is 0. The maximum absolute atomic E-state index is 12.5. The quantitative estimate of drug-likeness (QED) is 0.591. The number of hydrogen-bond donors (Lipinski definition) is 0. The van der Waals surface area contributed by atoms with Gasteiger partial charge in [0.2, 0.25) is 5.91 Å². The Balaban J connectivity index is 2.71. The van der Waals surface area contributed by atoms with Gasteiger partial charge in [0.05, 0.1) is 7.11 Å². The van der Waals surface area contributed by atoms with Crippen molar-refractivity contribution in [3.63, 3.8) is 0 Å². The second-order valence-corrected chi connectivity index (χ2v) is 4.64. The van der Waals surface area contributed by atoms with Crippen LogP contribution in [0.25, 0.3) is 0 Å². The molecule has 1 aliphatic rings. The Labute approximate surface area is 107 Å². The lowest BCUT2D eigenvalue weighted by Crippen LogP contribution is -2.45. The lowest BCUT2D eigenvalue weighted by Gasteiger charge is -2.23. The van der Waals surface area contributed by atoms with E-state index in [0.29, 0.717) is 6.42 Å². The summed E-state index contributed by atoms with van der Waals surface area (Å²) in [6.45, 7) is 3.79. The minimum Gasteiger partial charge on any atom is -0.468 e. The molecule has 18 heavy (non-hydrogen) atoms. The topological polar surface area (TPSA) is 46.6 Å². The Hall–Kier alpha value is -1.84. The van der Waals surface area contributed by atoms with Crippen LogP contribution in [0.5, 0.6) is 0 Å². The molecule has 4 nitrogen and oxygen atoms in total. The van der Waals surface area contributed by atoms with Gasteiger partial charge >= 0.3 is 5.97 Å². The number of aryl methyl sites for hydroxylation is 1. The van der Waals surface area contributed by atoms with Gasteiger partial charge in [-0.25, -0.2) is 0 Å². The summed E-state index contributed by atoms with van der Waals surface area (Å²) in [6, 6.07) is 5.69. The number of nitrogens with zero attached hydrogens (tertiary/aromatic N) is 1. The summed E-state index contributed by atoms with van der Waals surface area (Å²) in [6.07, 6.45) is 0.402. The molecule has 0 saturated heterocycles. The third-order valence-corrected chi connectivity index (χ3v) is 3.71. The predicted octanol–water partition coefficient (Wildman–Crippen LogP) is 1.79. The minimum absolute atomic E-state index is 0.211. The van der Waals surface area contributed by atoms with Gasteiger partial charge in [0.15, 0.2) is 5.41 Å². The van der Waals surface area contributed by atoms with E-state index in [0.717, 1.165) is 16.8 Å². The Morgan fingerprint density at radius 2 is 2.11 bits per heavy atom. The van der Waals surface area contributed by atoms with E-state index in [4.69, 9.17) is 4.74 Å². The summed E-state index contributed by atoms with van der Waals surface area (Å²) in [7, 11) is 3.01. The number of anilines is 1. The molecule has 0 fully saturated rings. The van der Waals surface area contributed by atoms with E-state index in [1.54, 1.807) is 11.9 Å². The van der Waals surface area contributed by atoms with E-state index < -0.39 is 11.4 Å². The fraction of sp³-hybridized carbons (Fsp3) is 0.429. The summed E-state index contributed by atoms with van der Waals surface area (Å²) in [5.41, 5.74) is 1.43. The zero-order valence-corrected chi connectivity index (χ0v) is 11.1. The lowest BCUT2D eigenvalue weighted by molar-refractivity contribution is -0.151.